The van der Waals surface area contributed by atoms with Gasteiger partial charge in [0.2, 0.25) is 0 Å². The van der Waals surface area contributed by atoms with Crippen LogP contribution in [0, 0.1) is 47.3 Å². The number of benzene rings is 2. The van der Waals surface area contributed by atoms with Crippen LogP contribution in [0.5, 0.6) is 0 Å². The van der Waals surface area contributed by atoms with Crippen molar-refractivity contribution in [2.75, 3.05) is 13.1 Å². The molecule has 0 bridgehead atoms. The van der Waals surface area contributed by atoms with Crippen molar-refractivity contribution in [3.8, 4) is 0 Å². The number of aromatic nitrogens is 2. The lowest BCUT2D eigenvalue weighted by Crippen LogP contribution is -2.46. The SMILES string of the molecule is CC(C)N[C@@H](CCCNC(N)=O)C(=O)C(C)C.CC(C)N[C@@H](CCCNC(N)=O)C(=O)C(C)C.CC(C)N[C@@H](Cc1c[nH]c2ccccc12)C(=O)C(C)C.CC(C)N[C@@H](Cc1c[nH]c2ccccc12)C(=O)C(C)C.CC(C)N[C@H](C(=O)C(C)C)C(C)C.CC(C)N[C@H](C(=O)C(C)C)C(C)C. The van der Waals surface area contributed by atoms with Crippen LogP contribution >= 0.6 is 0 Å². The molecule has 0 unspecified atom stereocenters. The van der Waals surface area contributed by atoms with E-state index in [1.165, 1.54) is 21.9 Å². The molecule has 572 valence electrons. The normalized spacial score (nSPS) is 13.4. The molecule has 2 aromatic carbocycles. The van der Waals surface area contributed by atoms with Crippen LogP contribution in [-0.2, 0) is 41.6 Å². The Kier molecular flexibility index (Phi) is 49.0. The fourth-order valence-electron chi connectivity index (χ4n) is 11.0. The van der Waals surface area contributed by atoms with Crippen LogP contribution in [0.15, 0.2) is 60.9 Å². The Morgan fingerprint density at radius 2 is 0.570 bits per heavy atom. The second kappa shape index (κ2) is 51.1. The van der Waals surface area contributed by atoms with Gasteiger partial charge in [0.05, 0.1) is 36.3 Å². The molecule has 100 heavy (non-hydrogen) atoms. The summed E-state index contributed by atoms with van der Waals surface area (Å²) in [6.07, 6.45) is 8.43. The Hall–Kier alpha value is -6.16. The summed E-state index contributed by atoms with van der Waals surface area (Å²) in [6.45, 7) is 57.3. The van der Waals surface area contributed by atoms with Gasteiger partial charge in [0.25, 0.3) is 0 Å². The summed E-state index contributed by atoms with van der Waals surface area (Å²) in [6, 6.07) is 16.8. The molecule has 0 aliphatic heterocycles. The molecule has 14 N–H and O–H groups in total. The molecular formula is C80H144N12O8. The van der Waals surface area contributed by atoms with E-state index < -0.39 is 12.1 Å². The van der Waals surface area contributed by atoms with E-state index in [2.05, 4.69) is 160 Å². The van der Waals surface area contributed by atoms with Crippen molar-refractivity contribution in [2.24, 2.45) is 58.8 Å². The maximum atomic E-state index is 12.4. The number of primary amides is 2. The Morgan fingerprint density at radius 3 is 0.800 bits per heavy atom. The Bertz CT molecular complexity index is 2760. The van der Waals surface area contributed by atoms with E-state index in [-0.39, 0.29) is 107 Å². The predicted molar refractivity (Wildman–Crippen MR) is 419 cm³/mol. The third-order valence-electron chi connectivity index (χ3n) is 16.0. The fourth-order valence-corrected chi connectivity index (χ4v) is 11.0. The number of urea groups is 2. The van der Waals surface area contributed by atoms with Crippen molar-refractivity contribution in [3.05, 3.63) is 72.1 Å². The third kappa shape index (κ3) is 41.1. The number of ketones is 6. The van der Waals surface area contributed by atoms with Gasteiger partial charge in [-0.1, -0.05) is 230 Å². The number of carbonyl (C=O) groups is 8. The summed E-state index contributed by atoms with van der Waals surface area (Å²) in [5.74, 6) is 2.79. The molecule has 0 fully saturated rings. The standard InChI is InChI=1S/2C17H24N2O.2C12H25N3O2.2C11H23NO/c2*1-11(2)17(20)16(19-12(3)4)9-13-10-18-15-8-6-5-7-14(13)15;2*1-8(2)11(16)10(15-9(3)4)6-5-7-14-12(13)17;2*1-7(2)10(12-9(5)6)11(13)8(3)4/h2*5-8,10-12,16,18-19H,9H2,1-4H3;2*8-10,15H,5-7H2,1-4H3,(H3,13,14,17);2*7-10,12H,1-6H3/t2*16-;4*10-/m000000/s1. The second-order valence-corrected chi connectivity index (χ2v) is 30.9. The number of nitrogens with one attached hydrogen (secondary N) is 10. The minimum Gasteiger partial charge on any atom is -0.361 e. The summed E-state index contributed by atoms with van der Waals surface area (Å²) < 4.78 is 0. The minimum absolute atomic E-state index is 0.0139. The molecule has 4 amide bonds. The van der Waals surface area contributed by atoms with Crippen LogP contribution in [-0.4, -0.2) is 142 Å². The molecule has 0 saturated heterocycles. The summed E-state index contributed by atoms with van der Waals surface area (Å²) in [5.41, 5.74) is 14.6. The van der Waals surface area contributed by atoms with Crippen molar-refractivity contribution in [2.45, 2.75) is 305 Å². The van der Waals surface area contributed by atoms with Gasteiger partial charge in [0.1, 0.15) is 0 Å². The number of carbonyl (C=O) groups excluding carboxylic acids is 8. The molecular weight excluding hydrogens is 1260 g/mol. The van der Waals surface area contributed by atoms with Gasteiger partial charge in [0, 0.05) is 119 Å². The number of para-hydroxylation sites is 2. The van der Waals surface area contributed by atoms with Gasteiger partial charge in [-0.3, -0.25) is 28.8 Å². The first-order valence-corrected chi connectivity index (χ1v) is 37.3. The topological polar surface area (TPSA) is 316 Å². The van der Waals surface area contributed by atoms with Gasteiger partial charge in [-0.25, -0.2) is 9.59 Å². The molecule has 4 rings (SSSR count). The van der Waals surface area contributed by atoms with Crippen LogP contribution in [0.25, 0.3) is 21.8 Å². The van der Waals surface area contributed by atoms with E-state index >= 15 is 0 Å². The van der Waals surface area contributed by atoms with E-state index in [0.29, 0.717) is 60.7 Å². The van der Waals surface area contributed by atoms with Crippen molar-refractivity contribution in [1.82, 2.24) is 52.5 Å². The Morgan fingerprint density at radius 1 is 0.330 bits per heavy atom. The van der Waals surface area contributed by atoms with E-state index in [0.717, 1.165) is 49.6 Å². The fraction of sp³-hybridized carbons (Fsp3) is 0.700. The quantitative estimate of drug-likeness (QED) is 0.0186. The highest BCUT2D eigenvalue weighted by Crippen LogP contribution is 2.22. The number of fused-ring (bicyclic) bond motifs is 2. The molecule has 0 radical (unpaired) electrons. The number of rotatable bonds is 38. The molecule has 0 aliphatic rings. The van der Waals surface area contributed by atoms with Gasteiger partial charge >= 0.3 is 12.1 Å². The number of hydrogen-bond acceptors (Lipinski definition) is 14. The molecule has 20 nitrogen and oxygen atoms in total. The van der Waals surface area contributed by atoms with Crippen molar-refractivity contribution in [3.63, 3.8) is 0 Å². The predicted octanol–water partition coefficient (Wildman–Crippen LogP) is 13.1. The lowest BCUT2D eigenvalue weighted by molar-refractivity contribution is -0.125. The van der Waals surface area contributed by atoms with Gasteiger partial charge in [0.15, 0.2) is 34.7 Å². The average molecular weight is 1400 g/mol. The summed E-state index contributed by atoms with van der Waals surface area (Å²) in [4.78, 5) is 99.7. The van der Waals surface area contributed by atoms with Crippen LogP contribution in [0.4, 0.5) is 9.59 Å². The smallest absolute Gasteiger partial charge is 0.312 e. The number of Topliss-reactive ketones (excluding diaryl/α,β-unsaturated/α-hetero) is 6. The summed E-state index contributed by atoms with van der Waals surface area (Å²) >= 11 is 0. The van der Waals surface area contributed by atoms with Crippen molar-refractivity contribution < 1.29 is 38.4 Å². The van der Waals surface area contributed by atoms with E-state index in [1.54, 1.807) is 0 Å². The molecule has 4 aromatic rings. The zero-order chi connectivity index (χ0) is 77.4. The van der Waals surface area contributed by atoms with Crippen molar-refractivity contribution >= 4 is 68.6 Å². The lowest BCUT2D eigenvalue weighted by Gasteiger charge is -2.25. The van der Waals surface area contributed by atoms with Crippen LogP contribution in [0.3, 0.4) is 0 Å². The highest BCUT2D eigenvalue weighted by atomic mass is 16.2. The highest BCUT2D eigenvalue weighted by Gasteiger charge is 2.28. The largest absolute Gasteiger partial charge is 0.361 e. The lowest BCUT2D eigenvalue weighted by atomic mass is 9.92. The molecule has 6 atom stereocenters. The number of nitrogens with two attached hydrogens (primary N) is 2. The monoisotopic (exact) mass is 1400 g/mol. The Balaban J connectivity index is 0. The molecule has 0 spiro atoms. The Labute approximate surface area is 605 Å². The van der Waals surface area contributed by atoms with Gasteiger partial charge in [-0.05, 0) is 73.6 Å². The third-order valence-corrected chi connectivity index (χ3v) is 16.0. The maximum absolute atomic E-state index is 12.4. The van der Waals surface area contributed by atoms with Crippen molar-refractivity contribution in [1.29, 1.82) is 0 Å². The number of amides is 4. The zero-order valence-electron chi connectivity index (χ0n) is 67.4. The number of aromatic amines is 2. The molecule has 2 aromatic heterocycles. The first-order chi connectivity index (χ1) is 46.4. The molecule has 20 heteroatoms. The van der Waals surface area contributed by atoms with E-state index in [4.69, 9.17) is 11.5 Å². The van der Waals surface area contributed by atoms with Crippen LogP contribution in [0.1, 0.15) is 231 Å². The van der Waals surface area contributed by atoms with Crippen LogP contribution in [0.2, 0.25) is 0 Å². The molecule has 0 aliphatic carbocycles. The summed E-state index contributed by atoms with van der Waals surface area (Å²) in [7, 11) is 0. The molecule has 0 saturated carbocycles. The maximum Gasteiger partial charge on any atom is 0.312 e. The van der Waals surface area contributed by atoms with Gasteiger partial charge in [-0.2, -0.15) is 0 Å². The first-order valence-electron chi connectivity index (χ1n) is 37.3. The molecule has 2 heterocycles. The average Bonchev–Trinajstić information content (AvgIpc) is 1.68. The van der Waals surface area contributed by atoms with Gasteiger partial charge < -0.3 is 64.0 Å². The summed E-state index contributed by atoms with van der Waals surface area (Å²) in [5, 5.41) is 27.4. The van der Waals surface area contributed by atoms with Crippen LogP contribution < -0.4 is 54.0 Å². The number of hydrogen-bond donors (Lipinski definition) is 12. The second-order valence-electron chi connectivity index (χ2n) is 30.9. The zero-order valence-corrected chi connectivity index (χ0v) is 67.4. The first kappa shape index (κ1) is 95.9. The number of H-pyrrole nitrogens is 2. The minimum atomic E-state index is -0.520. The van der Waals surface area contributed by atoms with E-state index in [1.807, 2.05) is 147 Å². The highest BCUT2D eigenvalue weighted by molar-refractivity contribution is 5.90. The van der Waals surface area contributed by atoms with Gasteiger partial charge in [-0.15, -0.1) is 0 Å². The van der Waals surface area contributed by atoms with E-state index in [9.17, 15) is 38.4 Å².